The van der Waals surface area contributed by atoms with Crippen LogP contribution in [-0.2, 0) is 6.18 Å². The van der Waals surface area contributed by atoms with Gasteiger partial charge in [0.05, 0.1) is 5.69 Å². The average molecular weight is 354 g/mol. The van der Waals surface area contributed by atoms with Crippen molar-refractivity contribution in [2.75, 3.05) is 11.9 Å². The first-order valence-corrected chi connectivity index (χ1v) is 7.76. The van der Waals surface area contributed by atoms with Crippen molar-refractivity contribution in [3.05, 3.63) is 32.3 Å². The van der Waals surface area contributed by atoms with Gasteiger partial charge in [-0.3, -0.25) is 0 Å². The van der Waals surface area contributed by atoms with E-state index in [4.69, 9.17) is 17.3 Å². The number of anilines is 1. The van der Waals surface area contributed by atoms with Crippen LogP contribution < -0.4 is 10.6 Å². The summed E-state index contributed by atoms with van der Waals surface area (Å²) >= 11 is 7.70. The summed E-state index contributed by atoms with van der Waals surface area (Å²) in [6.45, 7) is 1.91. The van der Waals surface area contributed by atoms with E-state index in [2.05, 4.69) is 4.99 Å². The molecule has 0 amide bonds. The first-order chi connectivity index (χ1) is 9.70. The first-order valence-electron chi connectivity index (χ1n) is 5.68. The predicted octanol–water partition coefficient (Wildman–Crippen LogP) is 4.87. The van der Waals surface area contributed by atoms with E-state index in [-0.39, 0.29) is 16.0 Å². The summed E-state index contributed by atoms with van der Waals surface area (Å²) < 4.78 is 37.8. The van der Waals surface area contributed by atoms with Gasteiger partial charge in [-0.15, -0.1) is 22.7 Å². The molecule has 0 aliphatic heterocycles. The molecule has 0 bridgehead atoms. The molecular formula is C12H11ClF3N3S2. The number of hydrogen-bond acceptors (Lipinski definition) is 3. The van der Waals surface area contributed by atoms with E-state index in [0.717, 1.165) is 16.6 Å². The maximum absolute atomic E-state index is 12.6. The van der Waals surface area contributed by atoms with Crippen LogP contribution in [0.2, 0.25) is 4.34 Å². The van der Waals surface area contributed by atoms with E-state index >= 15 is 0 Å². The summed E-state index contributed by atoms with van der Waals surface area (Å²) in [5.74, 6) is 0.0778. The number of nitrogens with two attached hydrogens (primary N) is 1. The molecule has 0 saturated heterocycles. The number of aryl methyl sites for hydroxylation is 1. The van der Waals surface area contributed by atoms with Gasteiger partial charge in [-0.1, -0.05) is 11.6 Å². The Labute approximate surface area is 132 Å². The smallest absolute Gasteiger partial charge is 0.369 e. The second-order valence-corrected chi connectivity index (χ2v) is 6.75. The van der Waals surface area contributed by atoms with Crippen molar-refractivity contribution in [2.45, 2.75) is 13.1 Å². The predicted molar refractivity (Wildman–Crippen MR) is 83.1 cm³/mol. The normalized spacial score (nSPS) is 12.8. The molecule has 0 unspecified atom stereocenters. The zero-order valence-electron chi connectivity index (χ0n) is 11.0. The zero-order chi connectivity index (χ0) is 15.8. The average Bonchev–Trinajstić information content (AvgIpc) is 2.95. The molecule has 0 aliphatic rings. The molecule has 0 spiro atoms. The number of aliphatic imine (C=N–C) groups is 1. The Bertz CT molecular complexity index is 676. The number of guanidine groups is 1. The Morgan fingerprint density at radius 1 is 1.43 bits per heavy atom. The molecule has 9 heteroatoms. The van der Waals surface area contributed by atoms with Crippen LogP contribution in [0.5, 0.6) is 0 Å². The Kier molecular flexibility index (Phi) is 4.50. The molecule has 2 heterocycles. The lowest BCUT2D eigenvalue weighted by atomic mass is 10.3. The summed E-state index contributed by atoms with van der Waals surface area (Å²) in [6.07, 6.45) is -4.44. The van der Waals surface area contributed by atoms with E-state index in [1.807, 2.05) is 18.4 Å². The molecule has 0 saturated carbocycles. The SMILES string of the molecule is Cc1ccsc1N(C)C(N)=Nc1cc(C(F)(F)F)sc1Cl. The molecule has 0 aromatic carbocycles. The van der Waals surface area contributed by atoms with E-state index in [1.54, 1.807) is 11.9 Å². The van der Waals surface area contributed by atoms with Gasteiger partial charge in [-0.25, -0.2) is 4.99 Å². The molecule has 0 aliphatic carbocycles. The molecule has 2 rings (SSSR count). The molecule has 3 nitrogen and oxygen atoms in total. The van der Waals surface area contributed by atoms with Gasteiger partial charge in [0.2, 0.25) is 5.96 Å². The number of hydrogen-bond donors (Lipinski definition) is 1. The van der Waals surface area contributed by atoms with E-state index in [0.29, 0.717) is 11.3 Å². The third-order valence-electron chi connectivity index (χ3n) is 2.67. The zero-order valence-corrected chi connectivity index (χ0v) is 13.4. The summed E-state index contributed by atoms with van der Waals surface area (Å²) in [6, 6.07) is 2.82. The van der Waals surface area contributed by atoms with Crippen molar-refractivity contribution in [1.29, 1.82) is 0 Å². The lowest BCUT2D eigenvalue weighted by molar-refractivity contribution is -0.134. The Morgan fingerprint density at radius 3 is 2.57 bits per heavy atom. The molecule has 2 aromatic heterocycles. The minimum atomic E-state index is -4.44. The highest BCUT2D eigenvalue weighted by Crippen LogP contribution is 2.42. The maximum Gasteiger partial charge on any atom is 0.425 e. The topological polar surface area (TPSA) is 41.6 Å². The molecule has 2 aromatic rings. The minimum absolute atomic E-state index is 0.0209. The van der Waals surface area contributed by atoms with Crippen LogP contribution >= 0.6 is 34.3 Å². The second kappa shape index (κ2) is 5.86. The van der Waals surface area contributed by atoms with Crippen LogP contribution in [0.25, 0.3) is 0 Å². The molecule has 0 fully saturated rings. The van der Waals surface area contributed by atoms with E-state index in [1.165, 1.54) is 11.3 Å². The summed E-state index contributed by atoms with van der Waals surface area (Å²) in [5.41, 5.74) is 6.87. The highest BCUT2D eigenvalue weighted by molar-refractivity contribution is 7.17. The standard InChI is InChI=1S/C12H11ClF3N3S2/c1-6-3-4-20-10(6)19(2)11(17)18-7-5-8(12(14,15)16)21-9(7)13/h3-5H,1-2H3,(H2,17,18). The molecule has 2 N–H and O–H groups in total. The Balaban J connectivity index is 2.31. The highest BCUT2D eigenvalue weighted by Gasteiger charge is 2.33. The van der Waals surface area contributed by atoms with Crippen LogP contribution in [0.1, 0.15) is 10.4 Å². The number of nitrogens with zero attached hydrogens (tertiary/aromatic N) is 2. The fourth-order valence-corrected chi connectivity index (χ4v) is 3.53. The van der Waals surface area contributed by atoms with Gasteiger partial charge in [0, 0.05) is 7.05 Å². The van der Waals surface area contributed by atoms with E-state index in [9.17, 15) is 13.2 Å². The number of halogens is 4. The highest BCUT2D eigenvalue weighted by atomic mass is 35.5. The molecule has 0 atom stereocenters. The summed E-state index contributed by atoms with van der Waals surface area (Å²) in [5, 5.41) is 2.77. The van der Waals surface area contributed by atoms with Gasteiger partial charge in [0.25, 0.3) is 0 Å². The minimum Gasteiger partial charge on any atom is -0.369 e. The molecular weight excluding hydrogens is 343 g/mol. The van der Waals surface area contributed by atoms with Gasteiger partial charge in [-0.05, 0) is 30.0 Å². The summed E-state index contributed by atoms with van der Waals surface area (Å²) in [7, 11) is 1.70. The number of alkyl halides is 3. The van der Waals surface area contributed by atoms with E-state index < -0.39 is 11.1 Å². The quantitative estimate of drug-likeness (QED) is 0.618. The van der Waals surface area contributed by atoms with Crippen molar-refractivity contribution in [2.24, 2.45) is 10.7 Å². The van der Waals surface area contributed by atoms with Gasteiger partial charge >= 0.3 is 6.18 Å². The number of rotatable bonds is 2. The maximum atomic E-state index is 12.6. The number of thiophene rings is 2. The van der Waals surface area contributed by atoms with Gasteiger partial charge in [0.1, 0.15) is 14.2 Å². The van der Waals surface area contributed by atoms with Gasteiger partial charge in [-0.2, -0.15) is 13.2 Å². The largest absolute Gasteiger partial charge is 0.425 e. The molecule has 21 heavy (non-hydrogen) atoms. The van der Waals surface area contributed by atoms with Crippen LogP contribution in [-0.4, -0.2) is 13.0 Å². The van der Waals surface area contributed by atoms with Crippen molar-refractivity contribution in [1.82, 2.24) is 0 Å². The lowest BCUT2D eigenvalue weighted by Gasteiger charge is -2.16. The third-order valence-corrected chi connectivity index (χ3v) is 5.14. The van der Waals surface area contributed by atoms with Gasteiger partial charge < -0.3 is 10.6 Å². The third kappa shape index (κ3) is 3.50. The van der Waals surface area contributed by atoms with Crippen LogP contribution in [0.3, 0.4) is 0 Å². The van der Waals surface area contributed by atoms with Crippen molar-refractivity contribution >= 4 is 50.9 Å². The molecule has 0 radical (unpaired) electrons. The lowest BCUT2D eigenvalue weighted by Crippen LogP contribution is -2.33. The Morgan fingerprint density at radius 2 is 2.10 bits per heavy atom. The Hall–Kier alpha value is -1.25. The molecule has 114 valence electrons. The first kappa shape index (κ1) is 16.1. The fourth-order valence-electron chi connectivity index (χ4n) is 1.59. The van der Waals surface area contributed by atoms with Crippen LogP contribution in [0.4, 0.5) is 23.9 Å². The van der Waals surface area contributed by atoms with Crippen molar-refractivity contribution in [3.63, 3.8) is 0 Å². The van der Waals surface area contributed by atoms with Crippen LogP contribution in [0.15, 0.2) is 22.5 Å². The fraction of sp³-hybridized carbons (Fsp3) is 0.250. The van der Waals surface area contributed by atoms with Crippen molar-refractivity contribution < 1.29 is 13.2 Å². The van der Waals surface area contributed by atoms with Crippen molar-refractivity contribution in [3.8, 4) is 0 Å². The van der Waals surface area contributed by atoms with Gasteiger partial charge in [0.15, 0.2) is 0 Å². The van der Waals surface area contributed by atoms with Crippen LogP contribution in [0, 0.1) is 6.92 Å². The second-order valence-electron chi connectivity index (χ2n) is 4.21. The monoisotopic (exact) mass is 353 g/mol. The summed E-state index contributed by atoms with van der Waals surface area (Å²) in [4.78, 5) is 4.81.